The van der Waals surface area contributed by atoms with Gasteiger partial charge in [0.25, 0.3) is 0 Å². The summed E-state index contributed by atoms with van der Waals surface area (Å²) in [7, 11) is 1.76. The maximum atomic E-state index is 4.59. The molecule has 0 spiro atoms. The third kappa shape index (κ3) is 5.87. The van der Waals surface area contributed by atoms with Crippen molar-refractivity contribution in [1.82, 2.24) is 20.6 Å². The largest absolute Gasteiger partial charge is 0.350 e. The Morgan fingerprint density at radius 1 is 1.24 bits per heavy atom. The number of aliphatic imine (C=N–C) groups is 1. The summed E-state index contributed by atoms with van der Waals surface area (Å²) in [5.41, 5.74) is 1.15. The van der Waals surface area contributed by atoms with Crippen LogP contribution >= 0.6 is 46.7 Å². The number of nitrogens with zero attached hydrogens (tertiary/aromatic N) is 3. The smallest absolute Gasteiger partial charge is 0.191 e. The molecule has 0 aromatic carbocycles. The second-order valence-electron chi connectivity index (χ2n) is 4.53. The van der Waals surface area contributed by atoms with Gasteiger partial charge in [-0.2, -0.15) is 0 Å². The van der Waals surface area contributed by atoms with Crippen molar-refractivity contribution in [2.45, 2.75) is 32.9 Å². The highest BCUT2D eigenvalue weighted by Crippen LogP contribution is 2.17. The quantitative estimate of drug-likeness (QED) is 0.429. The summed E-state index contributed by atoms with van der Waals surface area (Å²) in [6, 6.07) is 0. The van der Waals surface area contributed by atoms with Gasteiger partial charge in [-0.1, -0.05) is 13.8 Å². The van der Waals surface area contributed by atoms with Gasteiger partial charge in [-0.15, -0.1) is 46.7 Å². The molecule has 5 nitrogen and oxygen atoms in total. The van der Waals surface area contributed by atoms with Crippen LogP contribution in [0.1, 0.15) is 35.5 Å². The summed E-state index contributed by atoms with van der Waals surface area (Å²) in [4.78, 5) is 13.0. The highest BCUT2D eigenvalue weighted by molar-refractivity contribution is 14.0. The molecule has 0 unspecified atom stereocenters. The molecule has 2 aromatic rings. The lowest BCUT2D eigenvalue weighted by atomic mass is 10.2. The Kier molecular flexibility index (Phi) is 8.12. The topological polar surface area (TPSA) is 62.2 Å². The van der Waals surface area contributed by atoms with Gasteiger partial charge >= 0.3 is 0 Å². The summed E-state index contributed by atoms with van der Waals surface area (Å²) in [6.07, 6.45) is 1.81. The number of halogens is 1. The van der Waals surface area contributed by atoms with Crippen molar-refractivity contribution >= 4 is 52.6 Å². The van der Waals surface area contributed by atoms with Crippen molar-refractivity contribution in [3.8, 4) is 0 Å². The van der Waals surface area contributed by atoms with E-state index in [1.807, 2.05) is 5.38 Å². The molecular formula is C13H20IN5S2. The molecule has 0 radical (unpaired) electrons. The second-order valence-corrected chi connectivity index (χ2v) is 6.45. The van der Waals surface area contributed by atoms with Crippen LogP contribution in [-0.2, 0) is 13.1 Å². The van der Waals surface area contributed by atoms with Gasteiger partial charge < -0.3 is 10.6 Å². The first-order valence-corrected chi connectivity index (χ1v) is 8.22. The van der Waals surface area contributed by atoms with Gasteiger partial charge in [-0.3, -0.25) is 4.99 Å². The monoisotopic (exact) mass is 437 g/mol. The summed E-state index contributed by atoms with van der Waals surface area (Å²) in [6.45, 7) is 5.68. The molecule has 8 heteroatoms. The van der Waals surface area contributed by atoms with Crippen LogP contribution in [-0.4, -0.2) is 23.0 Å². The second kappa shape index (κ2) is 9.31. The molecular weight excluding hydrogens is 417 g/mol. The lowest BCUT2D eigenvalue weighted by molar-refractivity contribution is 0.783. The van der Waals surface area contributed by atoms with Crippen LogP contribution in [0.25, 0.3) is 0 Å². The molecule has 0 atom stereocenters. The number of guanidine groups is 1. The fraction of sp³-hybridized carbons (Fsp3) is 0.462. The average Bonchev–Trinajstić information content (AvgIpc) is 3.10. The Morgan fingerprint density at radius 3 is 2.48 bits per heavy atom. The van der Waals surface area contributed by atoms with Crippen molar-refractivity contribution in [1.29, 1.82) is 0 Å². The SMILES string of the molecule is CN=C(NCc1nccs1)NCc1nc(C(C)C)cs1.I. The van der Waals surface area contributed by atoms with Crippen LogP contribution in [0, 0.1) is 0 Å². The number of hydrogen-bond acceptors (Lipinski definition) is 5. The van der Waals surface area contributed by atoms with E-state index in [4.69, 9.17) is 0 Å². The number of nitrogens with one attached hydrogen (secondary N) is 2. The lowest BCUT2D eigenvalue weighted by Crippen LogP contribution is -2.36. The van der Waals surface area contributed by atoms with Gasteiger partial charge in [0.05, 0.1) is 18.8 Å². The molecule has 2 rings (SSSR count). The van der Waals surface area contributed by atoms with Crippen molar-refractivity contribution in [2.24, 2.45) is 4.99 Å². The Labute approximate surface area is 150 Å². The summed E-state index contributed by atoms with van der Waals surface area (Å²) < 4.78 is 0. The molecule has 0 aliphatic carbocycles. The van der Waals surface area contributed by atoms with Gasteiger partial charge in [0.2, 0.25) is 0 Å². The first kappa shape index (κ1) is 18.3. The van der Waals surface area contributed by atoms with Crippen LogP contribution in [0.5, 0.6) is 0 Å². The standard InChI is InChI=1S/C13H19N5S2.HI/c1-9(2)10-8-20-12(18-10)7-17-13(14-3)16-6-11-15-4-5-19-11;/h4-5,8-9H,6-7H2,1-3H3,(H2,14,16,17);1H. The van der Waals surface area contributed by atoms with E-state index in [2.05, 4.69) is 44.8 Å². The first-order chi connectivity index (χ1) is 9.69. The lowest BCUT2D eigenvalue weighted by Gasteiger charge is -2.09. The number of aromatic nitrogens is 2. The van der Waals surface area contributed by atoms with Crippen LogP contribution in [0.4, 0.5) is 0 Å². The predicted octanol–water partition coefficient (Wildman–Crippen LogP) is 3.21. The van der Waals surface area contributed by atoms with Gasteiger partial charge in [0, 0.05) is 24.0 Å². The fourth-order valence-corrected chi connectivity index (χ4v) is 3.00. The van der Waals surface area contributed by atoms with Crippen molar-refractivity contribution in [3.05, 3.63) is 32.7 Å². The third-order valence-electron chi connectivity index (χ3n) is 2.68. The highest BCUT2D eigenvalue weighted by Gasteiger charge is 2.06. The molecule has 0 aliphatic rings. The van der Waals surface area contributed by atoms with Crippen LogP contribution < -0.4 is 10.6 Å². The molecule has 0 amide bonds. The Hall–Kier alpha value is -0.740. The van der Waals surface area contributed by atoms with Crippen LogP contribution in [0.2, 0.25) is 0 Å². The zero-order valence-electron chi connectivity index (χ0n) is 12.3. The van der Waals surface area contributed by atoms with Gasteiger partial charge in [0.15, 0.2) is 5.96 Å². The molecule has 116 valence electrons. The third-order valence-corrected chi connectivity index (χ3v) is 4.33. The zero-order chi connectivity index (χ0) is 14.4. The van der Waals surface area contributed by atoms with Crippen molar-refractivity contribution in [2.75, 3.05) is 7.05 Å². The molecule has 2 heterocycles. The molecule has 2 aromatic heterocycles. The minimum Gasteiger partial charge on any atom is -0.350 e. The number of rotatable bonds is 5. The maximum absolute atomic E-state index is 4.59. The van der Waals surface area contributed by atoms with Crippen molar-refractivity contribution < 1.29 is 0 Å². The first-order valence-electron chi connectivity index (χ1n) is 6.46. The molecule has 2 N–H and O–H groups in total. The van der Waals surface area contributed by atoms with Gasteiger partial charge in [0.1, 0.15) is 10.0 Å². The normalized spacial score (nSPS) is 11.3. The molecule has 21 heavy (non-hydrogen) atoms. The molecule has 0 fully saturated rings. The Bertz CT molecular complexity index is 551. The Balaban J connectivity index is 0.00000220. The highest BCUT2D eigenvalue weighted by atomic mass is 127. The van der Waals surface area contributed by atoms with Crippen LogP contribution in [0.15, 0.2) is 21.9 Å². The van der Waals surface area contributed by atoms with E-state index in [1.165, 1.54) is 0 Å². The maximum Gasteiger partial charge on any atom is 0.191 e. The Morgan fingerprint density at radius 2 is 1.95 bits per heavy atom. The summed E-state index contributed by atoms with van der Waals surface area (Å²) >= 11 is 3.31. The average molecular weight is 437 g/mol. The van der Waals surface area contributed by atoms with E-state index in [9.17, 15) is 0 Å². The fourth-order valence-electron chi connectivity index (χ4n) is 1.55. The molecule has 0 bridgehead atoms. The van der Waals surface area contributed by atoms with E-state index >= 15 is 0 Å². The number of thiazole rings is 2. The van der Waals surface area contributed by atoms with E-state index in [1.54, 1.807) is 35.9 Å². The van der Waals surface area contributed by atoms with Crippen molar-refractivity contribution in [3.63, 3.8) is 0 Å². The minimum atomic E-state index is 0. The molecule has 0 aliphatic heterocycles. The minimum absolute atomic E-state index is 0. The molecule has 0 saturated carbocycles. The molecule has 0 saturated heterocycles. The summed E-state index contributed by atoms with van der Waals surface area (Å²) in [5, 5.41) is 12.7. The summed E-state index contributed by atoms with van der Waals surface area (Å²) in [5.74, 6) is 1.24. The zero-order valence-corrected chi connectivity index (χ0v) is 16.3. The predicted molar refractivity (Wildman–Crippen MR) is 101 cm³/mol. The van der Waals surface area contributed by atoms with E-state index < -0.39 is 0 Å². The number of hydrogen-bond donors (Lipinski definition) is 2. The van der Waals surface area contributed by atoms with Gasteiger partial charge in [-0.25, -0.2) is 9.97 Å². The van der Waals surface area contributed by atoms with E-state index in [0.29, 0.717) is 19.0 Å². The van der Waals surface area contributed by atoms with E-state index in [0.717, 1.165) is 21.7 Å². The van der Waals surface area contributed by atoms with Crippen LogP contribution in [0.3, 0.4) is 0 Å². The van der Waals surface area contributed by atoms with E-state index in [-0.39, 0.29) is 24.0 Å². The van der Waals surface area contributed by atoms with Gasteiger partial charge in [-0.05, 0) is 5.92 Å².